The molecule has 6 rings (SSSR count). The summed E-state index contributed by atoms with van der Waals surface area (Å²) in [5.74, 6) is -0.667. The zero-order valence-electron chi connectivity index (χ0n) is 29.8. The van der Waals surface area contributed by atoms with E-state index in [9.17, 15) is 14.7 Å². The molecule has 5 aromatic rings. The highest BCUT2D eigenvalue weighted by molar-refractivity contribution is 5.78. The molecule has 0 aliphatic carbocycles. The minimum Gasteiger partial charge on any atom is -0.392 e. The van der Waals surface area contributed by atoms with Crippen LogP contribution in [0.1, 0.15) is 71.5 Å². The molecule has 1 heterocycles. The molecule has 9 nitrogen and oxygen atoms in total. The Hall–Kier alpha value is -5.16. The number of amides is 2. The van der Waals surface area contributed by atoms with Crippen molar-refractivity contribution in [3.05, 3.63) is 167 Å². The predicted molar refractivity (Wildman–Crippen MR) is 203 cm³/mol. The van der Waals surface area contributed by atoms with Crippen molar-refractivity contribution < 1.29 is 29.4 Å². The molecule has 0 saturated carbocycles. The largest absolute Gasteiger partial charge is 0.392 e. The molecule has 5 aromatic carbocycles. The number of nitrogens with one attached hydrogen (secondary N) is 2. The van der Waals surface area contributed by atoms with Crippen LogP contribution >= 0.6 is 0 Å². The number of hydrogen-bond donors (Lipinski definition) is 4. The van der Waals surface area contributed by atoms with E-state index >= 15 is 0 Å². The van der Waals surface area contributed by atoms with E-state index in [4.69, 9.17) is 14.7 Å². The number of aliphatic hydroxyl groups is 1. The molecule has 4 N–H and O–H groups in total. The van der Waals surface area contributed by atoms with Gasteiger partial charge in [-0.1, -0.05) is 133 Å². The molecule has 1 saturated heterocycles. The average molecular weight is 714 g/mol. The zero-order valence-corrected chi connectivity index (χ0v) is 29.8. The predicted octanol–water partition coefficient (Wildman–Crippen LogP) is 7.39. The average Bonchev–Trinajstić information content (AvgIpc) is 3.21. The summed E-state index contributed by atoms with van der Waals surface area (Å²) in [6.45, 7) is 2.61. The van der Waals surface area contributed by atoms with Gasteiger partial charge in [-0.05, 0) is 45.4 Å². The third kappa shape index (κ3) is 10.9. The molecule has 274 valence electrons. The molecule has 1 fully saturated rings. The first-order chi connectivity index (χ1) is 26.0. The van der Waals surface area contributed by atoms with Gasteiger partial charge in [-0.2, -0.15) is 0 Å². The number of rotatable bonds is 16. The molecule has 2 amide bonds. The lowest BCUT2D eigenvalue weighted by Gasteiger charge is -2.38. The van der Waals surface area contributed by atoms with Gasteiger partial charge >= 0.3 is 0 Å². The van der Waals surface area contributed by atoms with Crippen molar-refractivity contribution in [2.24, 2.45) is 0 Å². The van der Waals surface area contributed by atoms with Crippen LogP contribution in [0.5, 0.6) is 0 Å². The van der Waals surface area contributed by atoms with E-state index in [0.717, 1.165) is 46.5 Å². The van der Waals surface area contributed by atoms with Gasteiger partial charge in [-0.15, -0.1) is 0 Å². The molecular formula is C44H47N3O6. The molecular weight excluding hydrogens is 666 g/mol. The second-order valence-corrected chi connectivity index (χ2v) is 13.4. The van der Waals surface area contributed by atoms with Gasteiger partial charge in [0.2, 0.25) is 11.8 Å². The Morgan fingerprint density at radius 3 is 1.92 bits per heavy atom. The van der Waals surface area contributed by atoms with Crippen LogP contribution in [-0.4, -0.2) is 39.7 Å². The quantitative estimate of drug-likeness (QED) is 0.0622. The summed E-state index contributed by atoms with van der Waals surface area (Å²) in [6, 6.07) is 45.1. The van der Waals surface area contributed by atoms with Gasteiger partial charge in [0.25, 0.3) is 0 Å². The van der Waals surface area contributed by atoms with Gasteiger partial charge in [0, 0.05) is 51.0 Å². The Labute approximate surface area is 311 Å². The monoisotopic (exact) mass is 713 g/mol. The minimum atomic E-state index is -0.594. The van der Waals surface area contributed by atoms with Gasteiger partial charge < -0.3 is 19.9 Å². The fraction of sp³-hybridized carbons (Fsp3) is 0.273. The third-order valence-electron chi connectivity index (χ3n) is 9.49. The van der Waals surface area contributed by atoms with Gasteiger partial charge in [-0.3, -0.25) is 19.7 Å². The number of hydrogen-bond acceptors (Lipinski definition) is 7. The van der Waals surface area contributed by atoms with Crippen molar-refractivity contribution in [3.63, 3.8) is 0 Å². The molecule has 0 radical (unpaired) electrons. The van der Waals surface area contributed by atoms with Crippen LogP contribution in [-0.2, 0) is 45.3 Å². The van der Waals surface area contributed by atoms with E-state index < -0.39 is 12.2 Å². The first-order valence-electron chi connectivity index (χ1n) is 18.2. The van der Waals surface area contributed by atoms with Gasteiger partial charge in [-0.25, -0.2) is 5.48 Å². The summed E-state index contributed by atoms with van der Waals surface area (Å²) >= 11 is 0. The van der Waals surface area contributed by atoms with E-state index in [1.54, 1.807) is 5.48 Å². The van der Waals surface area contributed by atoms with Crippen molar-refractivity contribution in [2.45, 2.75) is 70.4 Å². The van der Waals surface area contributed by atoms with Crippen molar-refractivity contribution >= 4 is 11.8 Å². The van der Waals surface area contributed by atoms with Crippen LogP contribution in [0, 0.1) is 0 Å². The second kappa shape index (κ2) is 19.1. The van der Waals surface area contributed by atoms with Crippen LogP contribution in [0.3, 0.4) is 0 Å². The maximum Gasteiger partial charge on any atom is 0.243 e. The lowest BCUT2D eigenvalue weighted by molar-refractivity contribution is -0.253. The summed E-state index contributed by atoms with van der Waals surface area (Å²) in [4.78, 5) is 26.1. The van der Waals surface area contributed by atoms with E-state index in [2.05, 4.69) is 70.9 Å². The van der Waals surface area contributed by atoms with Gasteiger partial charge in [0.15, 0.2) is 6.29 Å². The number of carbonyl (C=O) groups excluding carboxylic acids is 2. The molecule has 0 unspecified atom stereocenters. The number of hydroxylamine groups is 1. The molecule has 0 bridgehead atoms. The zero-order chi connectivity index (χ0) is 36.8. The van der Waals surface area contributed by atoms with E-state index in [1.165, 1.54) is 11.1 Å². The first kappa shape index (κ1) is 37.6. The molecule has 3 atom stereocenters. The number of aliphatic hydroxyl groups excluding tert-OH is 1. The number of benzene rings is 5. The van der Waals surface area contributed by atoms with E-state index in [0.29, 0.717) is 25.9 Å². The van der Waals surface area contributed by atoms with Crippen LogP contribution in [0.15, 0.2) is 133 Å². The molecule has 53 heavy (non-hydrogen) atoms. The lowest BCUT2D eigenvalue weighted by Crippen LogP contribution is -2.39. The Morgan fingerprint density at radius 2 is 1.28 bits per heavy atom. The molecule has 0 aromatic heterocycles. The molecule has 0 spiro atoms. The molecule has 1 aliphatic heterocycles. The highest BCUT2D eigenvalue weighted by Crippen LogP contribution is 2.39. The lowest BCUT2D eigenvalue weighted by atomic mass is 9.97. The Bertz CT molecular complexity index is 1850. The van der Waals surface area contributed by atoms with Crippen molar-refractivity contribution in [3.8, 4) is 11.1 Å². The summed E-state index contributed by atoms with van der Waals surface area (Å²) in [6.07, 6.45) is 0.382. The topological polar surface area (TPSA) is 120 Å². The Balaban J connectivity index is 1.19. The van der Waals surface area contributed by atoms with Gasteiger partial charge in [0.05, 0.1) is 18.8 Å². The fourth-order valence-electron chi connectivity index (χ4n) is 6.71. The minimum absolute atomic E-state index is 0.0124. The van der Waals surface area contributed by atoms with E-state index in [1.807, 2.05) is 72.8 Å². The smallest absolute Gasteiger partial charge is 0.243 e. The fourth-order valence-corrected chi connectivity index (χ4v) is 6.71. The maximum atomic E-state index is 12.4. The van der Waals surface area contributed by atoms with Gasteiger partial charge in [0.1, 0.15) is 0 Å². The first-order valence-corrected chi connectivity index (χ1v) is 18.2. The molecule has 1 aliphatic rings. The maximum absolute atomic E-state index is 12.4. The highest BCUT2D eigenvalue weighted by atomic mass is 16.7. The Kier molecular flexibility index (Phi) is 13.5. The van der Waals surface area contributed by atoms with Crippen molar-refractivity contribution in [1.29, 1.82) is 0 Å². The third-order valence-corrected chi connectivity index (χ3v) is 9.49. The van der Waals surface area contributed by atoms with Crippen molar-refractivity contribution in [1.82, 2.24) is 15.7 Å². The number of carbonyl (C=O) groups is 2. The van der Waals surface area contributed by atoms with E-state index in [-0.39, 0.29) is 37.6 Å². The summed E-state index contributed by atoms with van der Waals surface area (Å²) in [7, 11) is 0. The SMILES string of the molecule is O=C(CCCC(=O)NCc1ccccc1-c1ccc([C@H]2O[C@@H](CN(Cc3ccccc3)Cc3ccccc3)C[C@@H](c3ccc(CO)cc3)O2)cc1)NO. The number of ether oxygens (including phenoxy) is 2. The normalized spacial score (nSPS) is 17.0. The van der Waals surface area contributed by atoms with Crippen LogP contribution in [0.4, 0.5) is 0 Å². The summed E-state index contributed by atoms with van der Waals surface area (Å²) in [5.41, 5.74) is 9.85. The van der Waals surface area contributed by atoms with Crippen LogP contribution < -0.4 is 10.8 Å². The number of nitrogens with zero attached hydrogens (tertiary/aromatic N) is 1. The Morgan fingerprint density at radius 1 is 0.679 bits per heavy atom. The molecule has 9 heteroatoms. The highest BCUT2D eigenvalue weighted by Gasteiger charge is 2.33. The summed E-state index contributed by atoms with van der Waals surface area (Å²) < 4.78 is 13.5. The standard InChI is InChI=1S/C44H47N3O6/c48-31-34-18-20-36(21-19-34)41-26-39(30-47(28-32-10-3-1-4-11-32)29-33-12-5-2-6-13-33)52-44(53-41)37-24-22-35(23-25-37)40-15-8-7-14-38(40)27-45-42(49)16-9-17-43(50)46-51/h1-8,10-15,18-25,39,41,44,48,51H,9,16-17,26-31H2,(H,45,49)(H,46,50)/t39-,41+,44+/m1/s1. The van der Waals surface area contributed by atoms with Crippen LogP contribution in [0.2, 0.25) is 0 Å². The van der Waals surface area contributed by atoms with Crippen LogP contribution in [0.25, 0.3) is 11.1 Å². The summed E-state index contributed by atoms with van der Waals surface area (Å²) in [5, 5.41) is 21.3. The second-order valence-electron chi connectivity index (χ2n) is 13.4. The van der Waals surface area contributed by atoms with Crippen molar-refractivity contribution in [2.75, 3.05) is 6.54 Å².